The van der Waals surface area contributed by atoms with Crippen LogP contribution in [0.4, 0.5) is 0 Å². The minimum atomic E-state index is -1.61. The van der Waals surface area contributed by atoms with Gasteiger partial charge in [0.25, 0.3) is 0 Å². The molecule has 0 aromatic carbocycles. The fraction of sp³-hybridized carbons (Fsp3) is 0.450. The first-order valence-corrected chi connectivity index (χ1v) is 15.4. The Balaban J connectivity index is 1.90. The van der Waals surface area contributed by atoms with Crippen molar-refractivity contribution in [1.29, 1.82) is 0 Å². The van der Waals surface area contributed by atoms with E-state index >= 15 is 0 Å². The normalized spacial score (nSPS) is 24.3. The number of rotatable bonds is 10. The summed E-state index contributed by atoms with van der Waals surface area (Å²) in [6.45, 7) is 21.6. The highest BCUT2D eigenvalue weighted by atomic mass is 16.5. The minimum absolute atomic E-state index is 0.275. The summed E-state index contributed by atoms with van der Waals surface area (Å²) in [6.07, 6.45) is 35.4. The lowest BCUT2D eigenvalue weighted by Crippen LogP contribution is -2.39. The lowest BCUT2D eigenvalue weighted by Gasteiger charge is -2.40. The maximum atomic E-state index is 10.1. The first kappa shape index (κ1) is 35.3. The Kier molecular flexibility index (Phi) is 13.0. The monoisotopic (exact) mass is 568 g/mol. The third-order valence-electron chi connectivity index (χ3n) is 8.38. The van der Waals surface area contributed by atoms with Crippen molar-refractivity contribution in [1.82, 2.24) is 0 Å². The molecule has 1 unspecified atom stereocenters. The van der Waals surface area contributed by atoms with E-state index in [2.05, 4.69) is 153 Å². The molecule has 0 radical (unpaired) electrons. The summed E-state index contributed by atoms with van der Waals surface area (Å²) >= 11 is 0. The molecule has 0 bridgehead atoms. The van der Waals surface area contributed by atoms with Crippen LogP contribution in [0.25, 0.3) is 0 Å². The molecular weight excluding hydrogens is 512 g/mol. The molecule has 42 heavy (non-hydrogen) atoms. The lowest BCUT2D eigenvalue weighted by molar-refractivity contribution is -0.181. The Morgan fingerprint density at radius 3 is 1.76 bits per heavy atom. The van der Waals surface area contributed by atoms with Gasteiger partial charge in [-0.1, -0.05) is 152 Å². The van der Waals surface area contributed by atoms with Crippen LogP contribution in [-0.4, -0.2) is 16.0 Å². The molecule has 1 atom stereocenters. The summed E-state index contributed by atoms with van der Waals surface area (Å²) in [5.41, 5.74) is 8.55. The van der Waals surface area contributed by atoms with E-state index in [1.54, 1.807) is 0 Å². The largest absolute Gasteiger partial charge is 0.365 e. The molecule has 228 valence electrons. The van der Waals surface area contributed by atoms with Gasteiger partial charge in [0.15, 0.2) is 5.79 Å². The van der Waals surface area contributed by atoms with Gasteiger partial charge >= 0.3 is 0 Å². The average molecular weight is 569 g/mol. The highest BCUT2D eigenvalue weighted by Gasteiger charge is 2.39. The van der Waals surface area contributed by atoms with E-state index < -0.39 is 5.79 Å². The summed E-state index contributed by atoms with van der Waals surface area (Å²) in [7, 11) is 0. The molecule has 2 heteroatoms. The van der Waals surface area contributed by atoms with Crippen LogP contribution in [-0.2, 0) is 0 Å². The van der Waals surface area contributed by atoms with E-state index in [9.17, 15) is 10.2 Å². The quantitative estimate of drug-likeness (QED) is 0.156. The van der Waals surface area contributed by atoms with Crippen molar-refractivity contribution in [2.75, 3.05) is 0 Å². The zero-order chi connectivity index (χ0) is 31.6. The fourth-order valence-corrected chi connectivity index (χ4v) is 6.12. The van der Waals surface area contributed by atoms with Gasteiger partial charge < -0.3 is 10.2 Å². The number of hydrogen-bond acceptors (Lipinski definition) is 2. The maximum absolute atomic E-state index is 10.1. The van der Waals surface area contributed by atoms with Crippen molar-refractivity contribution in [3.05, 3.63) is 130 Å². The highest BCUT2D eigenvalue weighted by Crippen LogP contribution is 2.44. The van der Waals surface area contributed by atoms with E-state index in [0.29, 0.717) is 24.2 Å². The zero-order valence-electron chi connectivity index (χ0n) is 28.0. The van der Waals surface area contributed by atoms with Gasteiger partial charge in [-0.3, -0.25) is 0 Å². The highest BCUT2D eigenvalue weighted by molar-refractivity contribution is 5.38. The zero-order valence-corrected chi connectivity index (χ0v) is 28.0. The van der Waals surface area contributed by atoms with E-state index in [1.807, 2.05) is 6.92 Å². The van der Waals surface area contributed by atoms with Crippen LogP contribution in [0, 0.1) is 16.7 Å². The molecule has 2 rings (SSSR count). The smallest absolute Gasteiger partial charge is 0.167 e. The molecular formula is C40H56O2. The van der Waals surface area contributed by atoms with E-state index in [0.717, 1.165) is 11.1 Å². The van der Waals surface area contributed by atoms with E-state index in [1.165, 1.54) is 40.7 Å². The molecule has 0 aromatic heterocycles. The van der Waals surface area contributed by atoms with Gasteiger partial charge in [0.05, 0.1) is 0 Å². The number of allylic oxidation sites excluding steroid dienone is 21. The Labute approximate surface area is 257 Å². The number of hydrogen-bond donors (Lipinski definition) is 2. The molecule has 0 spiro atoms. The van der Waals surface area contributed by atoms with E-state index in [4.69, 9.17) is 0 Å². The minimum Gasteiger partial charge on any atom is -0.365 e. The Morgan fingerprint density at radius 1 is 0.738 bits per heavy atom. The van der Waals surface area contributed by atoms with Gasteiger partial charge in [-0.05, 0) is 70.8 Å². The maximum Gasteiger partial charge on any atom is 0.167 e. The predicted molar refractivity (Wildman–Crippen MR) is 184 cm³/mol. The second kappa shape index (κ2) is 15.5. The summed E-state index contributed by atoms with van der Waals surface area (Å²) in [4.78, 5) is 0. The van der Waals surface area contributed by atoms with Crippen molar-refractivity contribution in [2.24, 2.45) is 16.7 Å². The average Bonchev–Trinajstić information content (AvgIpc) is 2.84. The van der Waals surface area contributed by atoms with Crippen LogP contribution in [0.5, 0.6) is 0 Å². The Hall–Kier alpha value is -2.94. The molecule has 2 aliphatic carbocycles. The predicted octanol–water partition coefficient (Wildman–Crippen LogP) is 10.8. The molecule has 2 N–H and O–H groups in total. The first-order chi connectivity index (χ1) is 19.5. The van der Waals surface area contributed by atoms with E-state index in [-0.39, 0.29) is 5.41 Å². The number of aliphatic hydroxyl groups is 2. The van der Waals surface area contributed by atoms with Crippen molar-refractivity contribution >= 4 is 0 Å². The first-order valence-electron chi connectivity index (χ1n) is 15.4. The Morgan fingerprint density at radius 2 is 1.24 bits per heavy atom. The molecule has 2 nitrogen and oxygen atoms in total. The van der Waals surface area contributed by atoms with Gasteiger partial charge in [-0.15, -0.1) is 0 Å². The molecule has 2 aliphatic rings. The van der Waals surface area contributed by atoms with Crippen molar-refractivity contribution in [3.63, 3.8) is 0 Å². The van der Waals surface area contributed by atoms with Crippen LogP contribution in [0.1, 0.15) is 94.9 Å². The van der Waals surface area contributed by atoms with Crippen LogP contribution >= 0.6 is 0 Å². The molecule has 0 amide bonds. The summed E-state index contributed by atoms with van der Waals surface area (Å²) in [6, 6.07) is 0. The van der Waals surface area contributed by atoms with Crippen LogP contribution < -0.4 is 0 Å². The fourth-order valence-electron chi connectivity index (χ4n) is 6.12. The topological polar surface area (TPSA) is 40.5 Å². The van der Waals surface area contributed by atoms with Crippen molar-refractivity contribution in [2.45, 2.75) is 101 Å². The van der Waals surface area contributed by atoms with Gasteiger partial charge in [-0.25, -0.2) is 0 Å². The summed E-state index contributed by atoms with van der Waals surface area (Å²) in [5.74, 6) is -1.10. The van der Waals surface area contributed by atoms with Crippen molar-refractivity contribution in [3.8, 4) is 0 Å². The Bertz CT molecular complexity index is 1290. The molecule has 0 heterocycles. The van der Waals surface area contributed by atoms with Gasteiger partial charge in [-0.2, -0.15) is 0 Å². The SMILES string of the molecule is CC1=CCCC(C)(C)C1/C=C/C(C)=C/C=C/C(C)=C/C=C/C=C(C)/C=C/C=C(C)/C=C/C1=C(C)CC(O)(O)CC1(C)C. The summed E-state index contributed by atoms with van der Waals surface area (Å²) < 4.78 is 0. The molecule has 0 fully saturated rings. The second-order valence-corrected chi connectivity index (χ2v) is 13.8. The van der Waals surface area contributed by atoms with Gasteiger partial charge in [0, 0.05) is 18.8 Å². The van der Waals surface area contributed by atoms with Crippen LogP contribution in [0.15, 0.2) is 130 Å². The summed E-state index contributed by atoms with van der Waals surface area (Å²) in [5, 5.41) is 20.3. The van der Waals surface area contributed by atoms with Crippen molar-refractivity contribution < 1.29 is 10.2 Å². The molecule has 0 saturated heterocycles. The van der Waals surface area contributed by atoms with Crippen LogP contribution in [0.3, 0.4) is 0 Å². The molecule has 0 aromatic rings. The van der Waals surface area contributed by atoms with Gasteiger partial charge in [0.2, 0.25) is 0 Å². The third kappa shape index (κ3) is 11.7. The van der Waals surface area contributed by atoms with Gasteiger partial charge in [0.1, 0.15) is 0 Å². The molecule has 0 saturated carbocycles. The molecule has 0 aliphatic heterocycles. The lowest BCUT2D eigenvalue weighted by atomic mass is 9.68. The van der Waals surface area contributed by atoms with Crippen LogP contribution in [0.2, 0.25) is 0 Å². The second-order valence-electron chi connectivity index (χ2n) is 13.8. The third-order valence-corrected chi connectivity index (χ3v) is 8.38. The standard InChI is InChI=1S/C40H56O2/c1-30(18-13-20-32(3)23-25-36-34(5)22-15-27-38(36,7)8)16-11-12-17-31(2)19-14-21-33(4)24-26-37-35(6)28-40(41,42)29-39(37,9)10/h11-14,16-26,36,41-42H,15,27-29H2,1-10H3/b12-11+,18-13+,19-14+,25-23+,26-24+,30-16+,31-17+,32-20+,33-21+.